The number of aliphatic hydroxyl groups excluding tert-OH is 2. The largest absolute Gasteiger partial charge is 0.479 e. The van der Waals surface area contributed by atoms with E-state index in [9.17, 15) is 34.5 Å². The fraction of sp³-hybridized carbons (Fsp3) is 0.705. The van der Waals surface area contributed by atoms with E-state index in [2.05, 4.69) is 87.6 Å². The van der Waals surface area contributed by atoms with Crippen molar-refractivity contribution in [2.45, 2.75) is 263 Å². The van der Waals surface area contributed by atoms with E-state index >= 15 is 0 Å². The molecule has 3 N–H and O–H groups in total. The van der Waals surface area contributed by atoms with Gasteiger partial charge in [-0.1, -0.05) is 215 Å². The highest BCUT2D eigenvalue weighted by molar-refractivity contribution is 5.74. The van der Waals surface area contributed by atoms with Gasteiger partial charge in [-0.2, -0.15) is 0 Å². The predicted molar refractivity (Wildman–Crippen MR) is 294 cm³/mol. The molecule has 0 radical (unpaired) electrons. The number of ether oxygens (including phenoxy) is 5. The van der Waals surface area contributed by atoms with Crippen molar-refractivity contribution in [1.82, 2.24) is 0 Å². The number of hydrogen-bond acceptors (Lipinski definition) is 11. The molecule has 1 heterocycles. The number of hydrogen-bond donors (Lipinski definition) is 3. The molecule has 0 bridgehead atoms. The van der Waals surface area contributed by atoms with Crippen LogP contribution in [0.25, 0.3) is 0 Å². The fourth-order valence-corrected chi connectivity index (χ4v) is 8.16. The SMILES string of the molecule is CC/C=C\C/C=C\C/C=C\C/C=C\CCC(=O)OC1C(OCC(COC(=O)CCCCCCC/C=C\C/C=C\C/C=C\CC)OC(=O)CCCCCCCCCCCCCCCCC)OC(C(=O)O)C(O)C1O. The third kappa shape index (κ3) is 39.0. The fourth-order valence-electron chi connectivity index (χ4n) is 8.16. The molecule has 1 rings (SSSR count). The van der Waals surface area contributed by atoms with Gasteiger partial charge in [-0.05, 0) is 77.0 Å². The van der Waals surface area contributed by atoms with E-state index in [4.69, 9.17) is 23.7 Å². The number of esters is 3. The van der Waals surface area contributed by atoms with Gasteiger partial charge < -0.3 is 39.0 Å². The first-order valence-electron chi connectivity index (χ1n) is 28.6. The zero-order valence-corrected chi connectivity index (χ0v) is 45.6. The Morgan fingerprint density at radius 1 is 0.466 bits per heavy atom. The van der Waals surface area contributed by atoms with Gasteiger partial charge >= 0.3 is 23.9 Å². The number of rotatable bonds is 47. The van der Waals surface area contributed by atoms with Crippen LogP contribution in [0.2, 0.25) is 0 Å². The van der Waals surface area contributed by atoms with Crippen LogP contribution in [0.5, 0.6) is 0 Å². The number of carbonyl (C=O) groups excluding carboxylic acids is 3. The molecule has 0 aromatic rings. The van der Waals surface area contributed by atoms with Crippen molar-refractivity contribution in [3.63, 3.8) is 0 Å². The molecule has 73 heavy (non-hydrogen) atoms. The molecule has 0 aliphatic carbocycles. The molecule has 0 aromatic carbocycles. The van der Waals surface area contributed by atoms with Gasteiger partial charge in [0.25, 0.3) is 0 Å². The van der Waals surface area contributed by atoms with Crippen LogP contribution < -0.4 is 0 Å². The van der Waals surface area contributed by atoms with Gasteiger partial charge in [-0.3, -0.25) is 14.4 Å². The number of carboxylic acids is 1. The quantitative estimate of drug-likeness (QED) is 0.0228. The highest BCUT2D eigenvalue weighted by Crippen LogP contribution is 2.26. The van der Waals surface area contributed by atoms with E-state index in [1.54, 1.807) is 0 Å². The summed E-state index contributed by atoms with van der Waals surface area (Å²) in [5, 5.41) is 31.4. The molecule has 1 saturated heterocycles. The lowest BCUT2D eigenvalue weighted by molar-refractivity contribution is -0.301. The average Bonchev–Trinajstić information content (AvgIpc) is 3.37. The van der Waals surface area contributed by atoms with Gasteiger partial charge in [-0.25, -0.2) is 4.79 Å². The van der Waals surface area contributed by atoms with E-state index in [-0.39, 0.29) is 25.9 Å². The Labute approximate surface area is 441 Å². The maximum atomic E-state index is 13.1. The van der Waals surface area contributed by atoms with Gasteiger partial charge in [0.05, 0.1) is 6.61 Å². The predicted octanol–water partition coefficient (Wildman–Crippen LogP) is 14.3. The second kappa shape index (κ2) is 48.8. The second-order valence-corrected chi connectivity index (χ2v) is 19.2. The summed E-state index contributed by atoms with van der Waals surface area (Å²) in [6.45, 7) is 5.71. The Hall–Kier alpha value is -4.10. The summed E-state index contributed by atoms with van der Waals surface area (Å²) in [5.74, 6) is -3.25. The lowest BCUT2D eigenvalue weighted by Crippen LogP contribution is -2.61. The summed E-state index contributed by atoms with van der Waals surface area (Å²) in [7, 11) is 0. The van der Waals surface area contributed by atoms with Crippen LogP contribution in [0.15, 0.2) is 85.1 Å². The monoisotopic (exact) mass is 1020 g/mol. The molecule has 1 fully saturated rings. The summed E-state index contributed by atoms with van der Waals surface area (Å²) < 4.78 is 28.3. The van der Waals surface area contributed by atoms with Crippen LogP contribution in [0.3, 0.4) is 0 Å². The van der Waals surface area contributed by atoms with E-state index in [0.717, 1.165) is 89.9 Å². The number of aliphatic carboxylic acids is 1. The molecule has 0 spiro atoms. The molecule has 416 valence electrons. The maximum absolute atomic E-state index is 13.1. The van der Waals surface area contributed by atoms with Gasteiger partial charge in [0.15, 0.2) is 24.6 Å². The topological polar surface area (TPSA) is 175 Å². The molecule has 6 unspecified atom stereocenters. The van der Waals surface area contributed by atoms with Gasteiger partial charge in [-0.15, -0.1) is 0 Å². The lowest BCUT2D eigenvalue weighted by Gasteiger charge is -2.40. The van der Waals surface area contributed by atoms with E-state index < -0.39 is 67.3 Å². The minimum atomic E-state index is -1.93. The van der Waals surface area contributed by atoms with Crippen LogP contribution in [0, 0.1) is 0 Å². The Bertz CT molecular complexity index is 1590. The van der Waals surface area contributed by atoms with Crippen molar-refractivity contribution < 1.29 is 58.2 Å². The minimum absolute atomic E-state index is 0.0642. The smallest absolute Gasteiger partial charge is 0.335 e. The molecule has 12 nitrogen and oxygen atoms in total. The zero-order chi connectivity index (χ0) is 53.3. The first-order chi connectivity index (χ1) is 35.6. The highest BCUT2D eigenvalue weighted by Gasteiger charge is 2.50. The Balaban J connectivity index is 2.75. The molecular formula is C61H100O12. The first kappa shape index (κ1) is 66.9. The normalized spacial score (nSPS) is 18.9. The summed E-state index contributed by atoms with van der Waals surface area (Å²) in [6.07, 6.45) is 50.0. The van der Waals surface area contributed by atoms with Crippen molar-refractivity contribution in [2.75, 3.05) is 13.2 Å². The molecule has 0 aromatic heterocycles. The molecule has 0 amide bonds. The third-order valence-corrected chi connectivity index (χ3v) is 12.5. The zero-order valence-electron chi connectivity index (χ0n) is 45.6. The first-order valence-corrected chi connectivity index (χ1v) is 28.6. The van der Waals surface area contributed by atoms with Crippen LogP contribution in [0.1, 0.15) is 226 Å². The van der Waals surface area contributed by atoms with E-state index in [1.807, 2.05) is 18.2 Å². The molecular weight excluding hydrogens is 925 g/mol. The van der Waals surface area contributed by atoms with E-state index in [1.165, 1.54) is 70.6 Å². The molecule has 0 saturated carbocycles. The molecule has 6 atom stereocenters. The second-order valence-electron chi connectivity index (χ2n) is 19.2. The summed E-state index contributed by atoms with van der Waals surface area (Å²) in [5.41, 5.74) is 0. The van der Waals surface area contributed by atoms with Crippen LogP contribution in [-0.4, -0.2) is 89.2 Å². The number of unbranched alkanes of at least 4 members (excludes halogenated alkanes) is 19. The summed E-state index contributed by atoms with van der Waals surface area (Å²) in [6, 6.07) is 0. The van der Waals surface area contributed by atoms with Crippen LogP contribution in [0.4, 0.5) is 0 Å². The van der Waals surface area contributed by atoms with Crippen molar-refractivity contribution >= 4 is 23.9 Å². The number of carbonyl (C=O) groups is 4. The molecule has 12 heteroatoms. The van der Waals surface area contributed by atoms with Gasteiger partial charge in [0, 0.05) is 19.3 Å². The average molecular weight is 1030 g/mol. The standard InChI is InChI=1S/C61H100O12/c1-4-7-10-13-16-19-22-25-27-30-32-35-38-41-44-47-53(62)69-50-52(71-54(63)48-45-42-39-36-34-31-28-26-23-20-17-14-11-8-5-2)51-70-61-59(57(66)56(65)58(73-61)60(67)68)72-55(64)49-46-43-40-37-33-29-24-21-18-15-12-9-6-3/h7,9-10,12,16,18-19,21,25,27,29,33,40,43,52,56-59,61,65-66H,4-6,8,11,13-15,17,20,22-24,26,28,30-32,34-39,41-42,44-51H2,1-3H3,(H,67,68)/b10-7-,12-9-,19-16-,21-18-,27-25-,33-29-,43-40-. The molecule has 1 aliphatic rings. The number of allylic oxidation sites excluding steroid dienone is 14. The van der Waals surface area contributed by atoms with Crippen LogP contribution >= 0.6 is 0 Å². The minimum Gasteiger partial charge on any atom is -0.479 e. The Morgan fingerprint density at radius 3 is 1.37 bits per heavy atom. The van der Waals surface area contributed by atoms with Crippen molar-refractivity contribution in [3.05, 3.63) is 85.1 Å². The maximum Gasteiger partial charge on any atom is 0.335 e. The number of aliphatic hydroxyl groups is 2. The van der Waals surface area contributed by atoms with Crippen molar-refractivity contribution in [3.8, 4) is 0 Å². The van der Waals surface area contributed by atoms with Crippen molar-refractivity contribution in [2.24, 2.45) is 0 Å². The Kier molecular flexibility index (Phi) is 44.7. The summed E-state index contributed by atoms with van der Waals surface area (Å²) >= 11 is 0. The van der Waals surface area contributed by atoms with Gasteiger partial charge in [0.2, 0.25) is 0 Å². The van der Waals surface area contributed by atoms with Gasteiger partial charge in [0.1, 0.15) is 18.8 Å². The number of carboxylic acid groups (broad SMARTS) is 1. The third-order valence-electron chi connectivity index (χ3n) is 12.5. The van der Waals surface area contributed by atoms with E-state index in [0.29, 0.717) is 25.7 Å². The van der Waals surface area contributed by atoms with Crippen molar-refractivity contribution in [1.29, 1.82) is 0 Å². The van der Waals surface area contributed by atoms with Crippen LogP contribution in [-0.2, 0) is 42.9 Å². The highest BCUT2D eigenvalue weighted by atomic mass is 16.7. The summed E-state index contributed by atoms with van der Waals surface area (Å²) in [4.78, 5) is 51.0. The Morgan fingerprint density at radius 2 is 0.890 bits per heavy atom. The molecule has 1 aliphatic heterocycles. The lowest BCUT2D eigenvalue weighted by atomic mass is 9.98.